The zero-order valence-corrected chi connectivity index (χ0v) is 18.1. The third kappa shape index (κ3) is 3.42. The predicted octanol–water partition coefficient (Wildman–Crippen LogP) is 4.79. The lowest BCUT2D eigenvalue weighted by molar-refractivity contribution is -0.126. The standard InChI is InChI=1S/C25H21ClN2O4/c1-2-31-20-14-12-18(13-15-20)27-24(29)21-22(16-8-10-17(26)11-9-16)28(32-23(21)25(27)30)19-6-4-3-5-7-19/h3-15,21-23H,2H2,1H3/t21-,22+,23+/m1/s1. The van der Waals surface area contributed by atoms with Gasteiger partial charge in [0, 0.05) is 5.02 Å². The van der Waals surface area contributed by atoms with Gasteiger partial charge < -0.3 is 4.74 Å². The van der Waals surface area contributed by atoms with Crippen LogP contribution < -0.4 is 14.7 Å². The van der Waals surface area contributed by atoms with Gasteiger partial charge in [-0.05, 0) is 61.0 Å². The molecule has 5 rings (SSSR count). The van der Waals surface area contributed by atoms with Crippen molar-refractivity contribution < 1.29 is 19.2 Å². The zero-order chi connectivity index (χ0) is 22.2. The lowest BCUT2D eigenvalue weighted by atomic mass is 9.90. The molecular weight excluding hydrogens is 428 g/mol. The van der Waals surface area contributed by atoms with Gasteiger partial charge in [-0.3, -0.25) is 14.4 Å². The average Bonchev–Trinajstić information content (AvgIpc) is 3.32. The Bertz CT molecular complexity index is 1130. The fourth-order valence-electron chi connectivity index (χ4n) is 4.32. The number of carbonyl (C=O) groups excluding carboxylic acids is 2. The minimum atomic E-state index is -0.907. The molecule has 0 saturated carbocycles. The number of ether oxygens (including phenoxy) is 1. The van der Waals surface area contributed by atoms with Gasteiger partial charge >= 0.3 is 0 Å². The number of benzene rings is 3. The van der Waals surface area contributed by atoms with Crippen LogP contribution in [0.2, 0.25) is 5.02 Å². The van der Waals surface area contributed by atoms with Gasteiger partial charge in [0.25, 0.3) is 5.91 Å². The second-order valence-electron chi connectivity index (χ2n) is 7.65. The monoisotopic (exact) mass is 448 g/mol. The molecule has 0 unspecified atom stereocenters. The highest BCUT2D eigenvalue weighted by Gasteiger charge is 2.60. The topological polar surface area (TPSA) is 59.1 Å². The van der Waals surface area contributed by atoms with E-state index in [1.807, 2.05) is 49.4 Å². The van der Waals surface area contributed by atoms with Crippen molar-refractivity contribution in [3.63, 3.8) is 0 Å². The Morgan fingerprint density at radius 1 is 0.875 bits per heavy atom. The molecule has 2 fully saturated rings. The van der Waals surface area contributed by atoms with Crippen molar-refractivity contribution in [1.82, 2.24) is 0 Å². The molecule has 162 valence electrons. The average molecular weight is 449 g/mol. The van der Waals surface area contributed by atoms with Crippen LogP contribution in [0, 0.1) is 5.92 Å². The van der Waals surface area contributed by atoms with Crippen LogP contribution in [-0.4, -0.2) is 24.5 Å². The van der Waals surface area contributed by atoms with Crippen LogP contribution in [0.1, 0.15) is 18.5 Å². The van der Waals surface area contributed by atoms with Gasteiger partial charge in [0.05, 0.1) is 24.0 Å². The van der Waals surface area contributed by atoms with Crippen LogP contribution in [-0.2, 0) is 14.4 Å². The fraction of sp³-hybridized carbons (Fsp3) is 0.200. The Balaban J connectivity index is 1.53. The Morgan fingerprint density at radius 3 is 2.22 bits per heavy atom. The van der Waals surface area contributed by atoms with E-state index in [0.29, 0.717) is 23.1 Å². The molecule has 3 atom stereocenters. The Morgan fingerprint density at radius 2 is 1.56 bits per heavy atom. The summed E-state index contributed by atoms with van der Waals surface area (Å²) in [4.78, 5) is 34.2. The lowest BCUT2D eigenvalue weighted by Gasteiger charge is -2.28. The van der Waals surface area contributed by atoms with E-state index < -0.39 is 18.1 Å². The molecule has 0 aromatic heterocycles. The number of nitrogens with zero attached hydrogens (tertiary/aromatic N) is 2. The molecule has 2 amide bonds. The van der Waals surface area contributed by atoms with Gasteiger partial charge in [-0.25, -0.2) is 9.96 Å². The van der Waals surface area contributed by atoms with E-state index in [1.165, 1.54) is 4.90 Å². The normalized spacial score (nSPS) is 22.4. The van der Waals surface area contributed by atoms with E-state index in [-0.39, 0.29) is 11.8 Å². The number of anilines is 2. The van der Waals surface area contributed by atoms with Gasteiger partial charge in [-0.1, -0.05) is 41.9 Å². The fourth-order valence-corrected chi connectivity index (χ4v) is 4.45. The predicted molar refractivity (Wildman–Crippen MR) is 122 cm³/mol. The molecule has 0 bridgehead atoms. The van der Waals surface area contributed by atoms with Gasteiger partial charge in [-0.2, -0.15) is 0 Å². The highest BCUT2D eigenvalue weighted by molar-refractivity contribution is 6.30. The minimum Gasteiger partial charge on any atom is -0.494 e. The van der Waals surface area contributed by atoms with Crippen molar-refractivity contribution in [1.29, 1.82) is 0 Å². The number of hydroxylamine groups is 1. The number of fused-ring (bicyclic) bond motifs is 1. The largest absolute Gasteiger partial charge is 0.494 e. The number of amides is 2. The summed E-state index contributed by atoms with van der Waals surface area (Å²) >= 11 is 6.09. The van der Waals surface area contributed by atoms with Gasteiger partial charge in [0.1, 0.15) is 11.7 Å². The minimum absolute atomic E-state index is 0.289. The summed E-state index contributed by atoms with van der Waals surface area (Å²) in [6, 6.07) is 23.2. The Labute approximate surface area is 190 Å². The number of hydrogen-bond donors (Lipinski definition) is 0. The number of hydrogen-bond acceptors (Lipinski definition) is 5. The third-order valence-corrected chi connectivity index (χ3v) is 6.00. The Hall–Kier alpha value is -3.35. The maximum Gasteiger partial charge on any atom is 0.266 e. The molecule has 3 aromatic carbocycles. The third-order valence-electron chi connectivity index (χ3n) is 5.74. The van der Waals surface area contributed by atoms with E-state index >= 15 is 0 Å². The van der Waals surface area contributed by atoms with Gasteiger partial charge in [0.2, 0.25) is 5.91 Å². The number of carbonyl (C=O) groups is 2. The van der Waals surface area contributed by atoms with Crippen molar-refractivity contribution in [2.75, 3.05) is 16.6 Å². The van der Waals surface area contributed by atoms with Gasteiger partial charge in [-0.15, -0.1) is 0 Å². The smallest absolute Gasteiger partial charge is 0.266 e. The van der Waals surface area contributed by atoms with Crippen LogP contribution in [0.5, 0.6) is 5.75 Å². The van der Waals surface area contributed by atoms with Crippen molar-refractivity contribution in [2.45, 2.75) is 19.1 Å². The number of para-hydroxylation sites is 1. The lowest BCUT2D eigenvalue weighted by Crippen LogP contribution is -2.37. The highest BCUT2D eigenvalue weighted by atomic mass is 35.5. The van der Waals surface area contributed by atoms with Crippen molar-refractivity contribution >= 4 is 34.8 Å². The zero-order valence-electron chi connectivity index (χ0n) is 17.4. The number of halogens is 1. The summed E-state index contributed by atoms with van der Waals surface area (Å²) in [6.45, 7) is 2.44. The summed E-state index contributed by atoms with van der Waals surface area (Å²) in [6.07, 6.45) is -0.907. The quantitative estimate of drug-likeness (QED) is 0.525. The molecule has 2 aliphatic heterocycles. The molecule has 0 spiro atoms. The SMILES string of the molecule is CCOc1ccc(N2C(=O)[C@H]3[C@H](ON(c4ccccc4)[C@H]3c3ccc(Cl)cc3)C2=O)cc1. The van der Waals surface area contributed by atoms with Gasteiger partial charge in [0.15, 0.2) is 6.10 Å². The molecular formula is C25H21ClN2O4. The molecule has 2 aliphatic rings. The summed E-state index contributed by atoms with van der Waals surface area (Å²) in [5.74, 6) is -0.666. The molecule has 0 aliphatic carbocycles. The van der Waals surface area contributed by atoms with Crippen LogP contribution >= 0.6 is 11.6 Å². The molecule has 32 heavy (non-hydrogen) atoms. The molecule has 2 saturated heterocycles. The first kappa shape index (κ1) is 20.5. The molecule has 2 heterocycles. The number of imide groups is 1. The van der Waals surface area contributed by atoms with Crippen LogP contribution in [0.4, 0.5) is 11.4 Å². The van der Waals surface area contributed by atoms with Crippen LogP contribution in [0.3, 0.4) is 0 Å². The Kier molecular flexibility index (Phi) is 5.33. The molecule has 0 radical (unpaired) electrons. The first-order valence-electron chi connectivity index (χ1n) is 10.5. The first-order chi connectivity index (χ1) is 15.6. The first-order valence-corrected chi connectivity index (χ1v) is 10.8. The maximum atomic E-state index is 13.6. The molecule has 6 nitrogen and oxygen atoms in total. The second-order valence-corrected chi connectivity index (χ2v) is 8.08. The van der Waals surface area contributed by atoms with E-state index in [2.05, 4.69) is 0 Å². The molecule has 7 heteroatoms. The van der Waals surface area contributed by atoms with Crippen LogP contribution in [0.15, 0.2) is 78.9 Å². The van der Waals surface area contributed by atoms with E-state index in [1.54, 1.807) is 41.5 Å². The maximum absolute atomic E-state index is 13.6. The van der Waals surface area contributed by atoms with Crippen molar-refractivity contribution in [3.8, 4) is 5.75 Å². The molecule has 3 aromatic rings. The van der Waals surface area contributed by atoms with Crippen molar-refractivity contribution in [3.05, 3.63) is 89.4 Å². The van der Waals surface area contributed by atoms with Crippen LogP contribution in [0.25, 0.3) is 0 Å². The summed E-state index contributed by atoms with van der Waals surface area (Å²) < 4.78 is 5.47. The van der Waals surface area contributed by atoms with E-state index in [0.717, 1.165) is 11.3 Å². The summed E-state index contributed by atoms with van der Waals surface area (Å²) in [5.41, 5.74) is 2.12. The summed E-state index contributed by atoms with van der Waals surface area (Å²) in [5, 5.41) is 2.27. The molecule has 0 N–H and O–H groups in total. The summed E-state index contributed by atoms with van der Waals surface area (Å²) in [7, 11) is 0. The second kappa shape index (κ2) is 8.30. The van der Waals surface area contributed by atoms with E-state index in [4.69, 9.17) is 21.2 Å². The van der Waals surface area contributed by atoms with Crippen molar-refractivity contribution in [2.24, 2.45) is 5.92 Å². The van der Waals surface area contributed by atoms with E-state index in [9.17, 15) is 9.59 Å². The highest BCUT2D eigenvalue weighted by Crippen LogP contribution is 2.47. The number of rotatable bonds is 5.